The summed E-state index contributed by atoms with van der Waals surface area (Å²) in [5.74, 6) is -1.28. The summed E-state index contributed by atoms with van der Waals surface area (Å²) in [7, 11) is 0. The van der Waals surface area contributed by atoms with Crippen LogP contribution in [0.2, 0.25) is 5.15 Å². The minimum absolute atomic E-state index is 0.119. The molecule has 1 aromatic rings. The highest BCUT2D eigenvalue weighted by Gasteiger charge is 2.30. The first-order valence-corrected chi connectivity index (χ1v) is 6.18. The Morgan fingerprint density at radius 2 is 2.37 bits per heavy atom. The lowest BCUT2D eigenvalue weighted by atomic mass is 10.1. The van der Waals surface area contributed by atoms with E-state index < -0.39 is 12.0 Å². The minimum atomic E-state index is -0.967. The SMILES string of the molecule is O=C(O)CC1COCCN1C(=O)c1cccnc1Cl. The fourth-order valence-electron chi connectivity index (χ4n) is 1.99. The quantitative estimate of drug-likeness (QED) is 0.839. The van der Waals surface area contributed by atoms with Crippen LogP contribution in [0.5, 0.6) is 0 Å². The van der Waals surface area contributed by atoms with Gasteiger partial charge in [0, 0.05) is 12.7 Å². The third kappa shape index (κ3) is 3.21. The number of morpholine rings is 1. The number of halogens is 1. The molecule has 1 atom stereocenters. The lowest BCUT2D eigenvalue weighted by Gasteiger charge is -2.34. The monoisotopic (exact) mass is 284 g/mol. The number of rotatable bonds is 3. The van der Waals surface area contributed by atoms with Crippen molar-refractivity contribution in [3.8, 4) is 0 Å². The van der Waals surface area contributed by atoms with Gasteiger partial charge >= 0.3 is 5.97 Å². The van der Waals surface area contributed by atoms with E-state index in [-0.39, 0.29) is 29.7 Å². The molecule has 1 saturated heterocycles. The fraction of sp³-hybridized carbons (Fsp3) is 0.417. The van der Waals surface area contributed by atoms with E-state index in [1.165, 1.54) is 11.1 Å². The molecule has 0 saturated carbocycles. The summed E-state index contributed by atoms with van der Waals surface area (Å²) in [6.45, 7) is 0.956. The van der Waals surface area contributed by atoms with E-state index in [9.17, 15) is 9.59 Å². The number of nitrogens with zero attached hydrogens (tertiary/aromatic N) is 2. The first kappa shape index (κ1) is 13.8. The zero-order valence-corrected chi connectivity index (χ0v) is 10.8. The van der Waals surface area contributed by atoms with Crippen molar-refractivity contribution in [2.24, 2.45) is 0 Å². The smallest absolute Gasteiger partial charge is 0.305 e. The van der Waals surface area contributed by atoms with E-state index in [0.717, 1.165) is 0 Å². The van der Waals surface area contributed by atoms with Crippen LogP contribution in [0, 0.1) is 0 Å². The second-order valence-electron chi connectivity index (χ2n) is 4.17. The number of carbonyl (C=O) groups is 2. The van der Waals surface area contributed by atoms with Gasteiger partial charge in [0.15, 0.2) is 0 Å². The Bertz CT molecular complexity index is 494. The standard InChI is InChI=1S/C12H13ClN2O4/c13-11-9(2-1-3-14-11)12(18)15-4-5-19-7-8(15)6-10(16)17/h1-3,8H,4-7H2,(H,16,17). The average molecular weight is 285 g/mol. The van der Waals surface area contributed by atoms with Crippen molar-refractivity contribution < 1.29 is 19.4 Å². The molecular weight excluding hydrogens is 272 g/mol. The van der Waals surface area contributed by atoms with Gasteiger partial charge in [-0.25, -0.2) is 4.98 Å². The highest BCUT2D eigenvalue weighted by molar-refractivity contribution is 6.32. The molecule has 7 heteroatoms. The van der Waals surface area contributed by atoms with Crippen molar-refractivity contribution in [1.82, 2.24) is 9.88 Å². The zero-order valence-electron chi connectivity index (χ0n) is 10.1. The molecule has 0 spiro atoms. The number of aromatic nitrogens is 1. The number of carbonyl (C=O) groups excluding carboxylic acids is 1. The molecule has 0 aliphatic carbocycles. The number of carboxylic acid groups (broad SMARTS) is 1. The topological polar surface area (TPSA) is 79.7 Å². The Morgan fingerprint density at radius 3 is 3.05 bits per heavy atom. The Balaban J connectivity index is 2.20. The van der Waals surface area contributed by atoms with Crippen LogP contribution in [0.4, 0.5) is 0 Å². The number of aliphatic carboxylic acids is 1. The van der Waals surface area contributed by atoms with Crippen LogP contribution in [-0.4, -0.2) is 52.7 Å². The zero-order chi connectivity index (χ0) is 13.8. The first-order chi connectivity index (χ1) is 9.09. The van der Waals surface area contributed by atoms with E-state index in [1.54, 1.807) is 12.1 Å². The van der Waals surface area contributed by atoms with E-state index in [1.807, 2.05) is 0 Å². The van der Waals surface area contributed by atoms with Gasteiger partial charge in [-0.3, -0.25) is 9.59 Å². The average Bonchev–Trinajstić information content (AvgIpc) is 2.38. The number of ether oxygens (including phenoxy) is 1. The van der Waals surface area contributed by atoms with E-state index >= 15 is 0 Å². The number of hydrogen-bond donors (Lipinski definition) is 1. The Morgan fingerprint density at radius 1 is 1.58 bits per heavy atom. The molecule has 1 N–H and O–H groups in total. The second-order valence-corrected chi connectivity index (χ2v) is 4.52. The van der Waals surface area contributed by atoms with Crippen molar-refractivity contribution in [2.45, 2.75) is 12.5 Å². The summed E-state index contributed by atoms with van der Waals surface area (Å²) in [6, 6.07) is 2.71. The summed E-state index contributed by atoms with van der Waals surface area (Å²) >= 11 is 5.89. The fourth-order valence-corrected chi connectivity index (χ4v) is 2.19. The van der Waals surface area contributed by atoms with Gasteiger partial charge in [0.1, 0.15) is 5.15 Å². The van der Waals surface area contributed by atoms with Crippen LogP contribution in [-0.2, 0) is 9.53 Å². The van der Waals surface area contributed by atoms with E-state index in [4.69, 9.17) is 21.4 Å². The molecule has 1 fully saturated rings. The number of carboxylic acids is 1. The van der Waals surface area contributed by atoms with Gasteiger partial charge in [-0.05, 0) is 12.1 Å². The molecule has 1 aromatic heterocycles. The molecule has 0 bridgehead atoms. The van der Waals surface area contributed by atoms with Crippen LogP contribution in [0.3, 0.4) is 0 Å². The van der Waals surface area contributed by atoms with Gasteiger partial charge in [0.2, 0.25) is 0 Å². The van der Waals surface area contributed by atoms with Gasteiger partial charge in [0.25, 0.3) is 5.91 Å². The maximum atomic E-state index is 12.4. The normalized spacial score (nSPS) is 19.2. The van der Waals surface area contributed by atoms with Gasteiger partial charge in [0.05, 0.1) is 31.2 Å². The molecule has 1 amide bonds. The summed E-state index contributed by atoms with van der Waals surface area (Å²) < 4.78 is 5.22. The summed E-state index contributed by atoms with van der Waals surface area (Å²) in [6.07, 6.45) is 1.34. The van der Waals surface area contributed by atoms with Crippen LogP contribution >= 0.6 is 11.6 Å². The molecular formula is C12H13ClN2O4. The number of pyridine rings is 1. The molecule has 0 radical (unpaired) electrons. The molecule has 19 heavy (non-hydrogen) atoms. The van der Waals surface area contributed by atoms with E-state index in [2.05, 4.69) is 4.98 Å². The Labute approximate surface area is 114 Å². The molecule has 6 nitrogen and oxygen atoms in total. The predicted octanol–water partition coefficient (Wildman–Crippen LogP) is 1.05. The molecule has 1 aliphatic heterocycles. The van der Waals surface area contributed by atoms with Gasteiger partial charge < -0.3 is 14.7 Å². The van der Waals surface area contributed by atoms with Crippen LogP contribution in [0.25, 0.3) is 0 Å². The molecule has 0 aromatic carbocycles. The van der Waals surface area contributed by atoms with Crippen LogP contribution in [0.15, 0.2) is 18.3 Å². The third-order valence-electron chi connectivity index (χ3n) is 2.89. The minimum Gasteiger partial charge on any atom is -0.481 e. The Hall–Kier alpha value is -1.66. The predicted molar refractivity (Wildman–Crippen MR) is 67.1 cm³/mol. The molecule has 2 heterocycles. The van der Waals surface area contributed by atoms with Crippen LogP contribution in [0.1, 0.15) is 16.8 Å². The second kappa shape index (κ2) is 5.99. The number of hydrogen-bond acceptors (Lipinski definition) is 4. The van der Waals surface area contributed by atoms with Crippen molar-refractivity contribution >= 4 is 23.5 Å². The summed E-state index contributed by atoms with van der Waals surface area (Å²) in [4.78, 5) is 28.5. The van der Waals surface area contributed by atoms with Crippen molar-refractivity contribution in [1.29, 1.82) is 0 Å². The van der Waals surface area contributed by atoms with Crippen molar-refractivity contribution in [3.63, 3.8) is 0 Å². The molecule has 2 rings (SSSR count). The van der Waals surface area contributed by atoms with Crippen molar-refractivity contribution in [3.05, 3.63) is 29.0 Å². The number of amides is 1. The largest absolute Gasteiger partial charge is 0.481 e. The van der Waals surface area contributed by atoms with Crippen LogP contribution < -0.4 is 0 Å². The summed E-state index contributed by atoms with van der Waals surface area (Å²) in [5, 5.41) is 8.98. The maximum absolute atomic E-state index is 12.4. The first-order valence-electron chi connectivity index (χ1n) is 5.80. The molecule has 1 unspecified atom stereocenters. The lowest BCUT2D eigenvalue weighted by Crippen LogP contribution is -2.49. The van der Waals surface area contributed by atoms with E-state index in [0.29, 0.717) is 13.2 Å². The highest BCUT2D eigenvalue weighted by atomic mass is 35.5. The van der Waals surface area contributed by atoms with Crippen molar-refractivity contribution in [2.75, 3.05) is 19.8 Å². The third-order valence-corrected chi connectivity index (χ3v) is 3.19. The lowest BCUT2D eigenvalue weighted by molar-refractivity contribution is -0.139. The Kier molecular flexibility index (Phi) is 4.34. The maximum Gasteiger partial charge on any atom is 0.305 e. The summed E-state index contributed by atoms with van der Waals surface area (Å²) in [5.41, 5.74) is 0.279. The van der Waals surface area contributed by atoms with Gasteiger partial charge in [-0.2, -0.15) is 0 Å². The van der Waals surface area contributed by atoms with Gasteiger partial charge in [-0.15, -0.1) is 0 Å². The van der Waals surface area contributed by atoms with Gasteiger partial charge in [-0.1, -0.05) is 11.6 Å². The molecule has 102 valence electrons. The molecule has 1 aliphatic rings. The highest BCUT2D eigenvalue weighted by Crippen LogP contribution is 2.19.